The molecule has 102 valence electrons. The molecule has 1 aromatic carbocycles. The predicted molar refractivity (Wildman–Crippen MR) is 76.2 cm³/mol. The van der Waals surface area contributed by atoms with Crippen LogP contribution in [0.5, 0.6) is 0 Å². The van der Waals surface area contributed by atoms with Crippen LogP contribution >= 0.6 is 0 Å². The monoisotopic (exact) mass is 276 g/mol. The minimum atomic E-state index is 0.540. The van der Waals surface area contributed by atoms with Crippen LogP contribution in [0.2, 0.25) is 0 Å². The van der Waals surface area contributed by atoms with Gasteiger partial charge in [0.15, 0.2) is 0 Å². The third kappa shape index (κ3) is 2.79. The molecule has 0 saturated heterocycles. The first kappa shape index (κ1) is 13.0. The van der Waals surface area contributed by atoms with E-state index in [9.17, 15) is 0 Å². The molecule has 21 heavy (non-hydrogen) atoms. The molecule has 2 aromatic heterocycles. The number of nitrogens with zero attached hydrogens (tertiary/aromatic N) is 4. The molecule has 2 heterocycles. The van der Waals surface area contributed by atoms with Crippen LogP contribution in [-0.2, 0) is 6.42 Å². The molecule has 0 aliphatic carbocycles. The molecule has 0 atom stereocenters. The van der Waals surface area contributed by atoms with Crippen LogP contribution < -0.4 is 0 Å². The van der Waals surface area contributed by atoms with E-state index in [0.717, 1.165) is 16.7 Å². The first-order valence-corrected chi connectivity index (χ1v) is 6.49. The molecule has 0 spiro atoms. The van der Waals surface area contributed by atoms with E-state index < -0.39 is 0 Å². The van der Waals surface area contributed by atoms with E-state index in [0.29, 0.717) is 23.7 Å². The lowest BCUT2D eigenvalue weighted by Gasteiger charge is -1.97. The van der Waals surface area contributed by atoms with E-state index >= 15 is 0 Å². The highest BCUT2D eigenvalue weighted by atomic mass is 16.5. The lowest BCUT2D eigenvalue weighted by molar-refractivity contribution is 0.385. The molecule has 0 amide bonds. The Morgan fingerprint density at radius 1 is 1.19 bits per heavy atom. The lowest BCUT2D eigenvalue weighted by atomic mass is 10.1. The second-order valence-corrected chi connectivity index (χ2v) is 4.69. The fourth-order valence-corrected chi connectivity index (χ4v) is 2.01. The Morgan fingerprint density at radius 2 is 2.00 bits per heavy atom. The molecule has 3 aromatic rings. The Morgan fingerprint density at radius 3 is 2.71 bits per heavy atom. The summed E-state index contributed by atoms with van der Waals surface area (Å²) < 4.78 is 5.28. The fourth-order valence-electron chi connectivity index (χ4n) is 2.01. The minimum Gasteiger partial charge on any atom is -0.339 e. The van der Waals surface area contributed by atoms with E-state index in [2.05, 4.69) is 21.2 Å². The quantitative estimate of drug-likeness (QED) is 0.735. The Balaban J connectivity index is 1.82. The summed E-state index contributed by atoms with van der Waals surface area (Å²) in [5.41, 5.74) is 3.58. The molecule has 0 bridgehead atoms. The summed E-state index contributed by atoms with van der Waals surface area (Å²) in [5, 5.41) is 12.8. The van der Waals surface area contributed by atoms with Crippen molar-refractivity contribution in [2.45, 2.75) is 13.3 Å². The first-order valence-electron chi connectivity index (χ1n) is 6.49. The molecule has 0 saturated carbocycles. The van der Waals surface area contributed by atoms with Gasteiger partial charge in [-0.1, -0.05) is 17.3 Å². The highest BCUT2D eigenvalue weighted by Gasteiger charge is 2.11. The Hall–Kier alpha value is -3.00. The average Bonchev–Trinajstić information content (AvgIpc) is 2.97. The predicted octanol–water partition coefficient (Wildman–Crippen LogP) is 2.90. The molecule has 0 N–H and O–H groups in total. The molecule has 0 aliphatic heterocycles. The van der Waals surface area contributed by atoms with Crippen molar-refractivity contribution in [3.05, 3.63) is 65.3 Å². The normalized spacial score (nSPS) is 10.3. The second kappa shape index (κ2) is 5.55. The Labute approximate surface area is 121 Å². The van der Waals surface area contributed by atoms with Crippen molar-refractivity contribution in [3.8, 4) is 17.5 Å². The summed E-state index contributed by atoms with van der Waals surface area (Å²) in [6, 6.07) is 11.3. The summed E-state index contributed by atoms with van der Waals surface area (Å²) in [4.78, 5) is 8.48. The third-order valence-corrected chi connectivity index (χ3v) is 3.19. The van der Waals surface area contributed by atoms with Crippen molar-refractivity contribution in [2.24, 2.45) is 0 Å². The standard InChI is InChI=1S/C16H12N4O/c1-11-6-7-18-10-14(11)16-19-15(21-20-16)8-12-2-4-13(9-17)5-3-12/h2-7,10H,8H2,1H3. The maximum atomic E-state index is 8.78. The largest absolute Gasteiger partial charge is 0.339 e. The SMILES string of the molecule is Cc1ccncc1-c1noc(Cc2ccc(C#N)cc2)n1. The third-order valence-electron chi connectivity index (χ3n) is 3.19. The van der Waals surface area contributed by atoms with Gasteiger partial charge < -0.3 is 4.52 Å². The van der Waals surface area contributed by atoms with Crippen LogP contribution in [0.25, 0.3) is 11.4 Å². The Kier molecular flexibility index (Phi) is 3.44. The minimum absolute atomic E-state index is 0.540. The average molecular weight is 276 g/mol. The highest BCUT2D eigenvalue weighted by molar-refractivity contribution is 5.57. The fraction of sp³-hybridized carbons (Fsp3) is 0.125. The summed E-state index contributed by atoms with van der Waals surface area (Å²) >= 11 is 0. The summed E-state index contributed by atoms with van der Waals surface area (Å²) in [5.74, 6) is 1.09. The van der Waals surface area contributed by atoms with Gasteiger partial charge in [0.25, 0.3) is 0 Å². The summed E-state index contributed by atoms with van der Waals surface area (Å²) in [6.07, 6.45) is 4.00. The number of aryl methyl sites for hydroxylation is 1. The van der Waals surface area contributed by atoms with Gasteiger partial charge in [-0.05, 0) is 36.2 Å². The summed E-state index contributed by atoms with van der Waals surface area (Å²) in [7, 11) is 0. The van der Waals surface area contributed by atoms with Gasteiger partial charge in [0.1, 0.15) is 0 Å². The number of pyridine rings is 1. The van der Waals surface area contributed by atoms with Gasteiger partial charge in [0.2, 0.25) is 11.7 Å². The van der Waals surface area contributed by atoms with E-state index in [1.54, 1.807) is 24.5 Å². The summed E-state index contributed by atoms with van der Waals surface area (Å²) in [6.45, 7) is 1.98. The van der Waals surface area contributed by atoms with Crippen LogP contribution in [0.3, 0.4) is 0 Å². The van der Waals surface area contributed by atoms with Crippen LogP contribution in [-0.4, -0.2) is 15.1 Å². The van der Waals surface area contributed by atoms with E-state index in [-0.39, 0.29) is 0 Å². The lowest BCUT2D eigenvalue weighted by Crippen LogP contribution is -1.90. The van der Waals surface area contributed by atoms with Crippen LogP contribution in [0.1, 0.15) is 22.6 Å². The van der Waals surface area contributed by atoms with E-state index in [1.165, 1.54) is 0 Å². The number of aromatic nitrogens is 3. The molecule has 0 fully saturated rings. The Bertz CT molecular complexity index is 800. The first-order chi connectivity index (χ1) is 10.3. The van der Waals surface area contributed by atoms with Gasteiger partial charge in [-0.3, -0.25) is 4.98 Å². The van der Waals surface area contributed by atoms with Gasteiger partial charge in [0.05, 0.1) is 18.1 Å². The van der Waals surface area contributed by atoms with Crippen LogP contribution in [0.15, 0.2) is 47.2 Å². The highest BCUT2D eigenvalue weighted by Crippen LogP contribution is 2.19. The van der Waals surface area contributed by atoms with Crippen molar-refractivity contribution in [1.82, 2.24) is 15.1 Å². The molecular weight excluding hydrogens is 264 g/mol. The van der Waals surface area contributed by atoms with Gasteiger partial charge in [0, 0.05) is 18.0 Å². The smallest absolute Gasteiger partial charge is 0.231 e. The van der Waals surface area contributed by atoms with Gasteiger partial charge in [-0.15, -0.1) is 0 Å². The molecule has 0 aliphatic rings. The van der Waals surface area contributed by atoms with Crippen molar-refractivity contribution in [2.75, 3.05) is 0 Å². The number of rotatable bonds is 3. The van der Waals surface area contributed by atoms with Crippen molar-refractivity contribution >= 4 is 0 Å². The van der Waals surface area contributed by atoms with Gasteiger partial charge in [-0.25, -0.2) is 0 Å². The zero-order chi connectivity index (χ0) is 14.7. The maximum absolute atomic E-state index is 8.78. The molecule has 5 heteroatoms. The number of hydrogen-bond acceptors (Lipinski definition) is 5. The van der Waals surface area contributed by atoms with Crippen LogP contribution in [0, 0.1) is 18.3 Å². The number of nitriles is 1. The maximum Gasteiger partial charge on any atom is 0.231 e. The zero-order valence-corrected chi connectivity index (χ0v) is 11.4. The second-order valence-electron chi connectivity index (χ2n) is 4.69. The molecule has 0 unspecified atom stereocenters. The topological polar surface area (TPSA) is 75.6 Å². The molecular formula is C16H12N4O. The molecule has 3 rings (SSSR count). The molecule has 0 radical (unpaired) electrons. The number of benzene rings is 1. The van der Waals surface area contributed by atoms with E-state index in [1.807, 2.05) is 25.1 Å². The van der Waals surface area contributed by atoms with Gasteiger partial charge in [-0.2, -0.15) is 10.2 Å². The van der Waals surface area contributed by atoms with Crippen molar-refractivity contribution in [1.29, 1.82) is 5.26 Å². The van der Waals surface area contributed by atoms with E-state index in [4.69, 9.17) is 9.78 Å². The van der Waals surface area contributed by atoms with Gasteiger partial charge >= 0.3 is 0 Å². The zero-order valence-electron chi connectivity index (χ0n) is 11.4. The number of hydrogen-bond donors (Lipinski definition) is 0. The molecule has 5 nitrogen and oxygen atoms in total. The van der Waals surface area contributed by atoms with Crippen molar-refractivity contribution in [3.63, 3.8) is 0 Å². The van der Waals surface area contributed by atoms with Crippen LogP contribution in [0.4, 0.5) is 0 Å². The van der Waals surface area contributed by atoms with Crippen molar-refractivity contribution < 1.29 is 4.52 Å².